The molecule has 0 aromatic carbocycles. The van der Waals surface area contributed by atoms with Gasteiger partial charge < -0.3 is 14.3 Å². The van der Waals surface area contributed by atoms with E-state index in [4.69, 9.17) is 9.52 Å². The fourth-order valence-corrected chi connectivity index (χ4v) is 4.85. The van der Waals surface area contributed by atoms with Gasteiger partial charge >= 0.3 is 6.01 Å². The van der Waals surface area contributed by atoms with Crippen LogP contribution in [0.5, 0.6) is 0 Å². The second-order valence-corrected chi connectivity index (χ2v) is 8.81. The number of rotatable bonds is 4. The van der Waals surface area contributed by atoms with Crippen LogP contribution in [0, 0.1) is 6.92 Å². The highest BCUT2D eigenvalue weighted by Crippen LogP contribution is 2.43. The maximum absolute atomic E-state index is 6.15. The summed E-state index contributed by atoms with van der Waals surface area (Å²) in [5, 5.41) is 13.7. The summed E-state index contributed by atoms with van der Waals surface area (Å²) in [7, 11) is 0. The van der Waals surface area contributed by atoms with Crippen LogP contribution in [-0.2, 0) is 6.42 Å². The van der Waals surface area contributed by atoms with E-state index in [-0.39, 0.29) is 6.04 Å². The Morgan fingerprint density at radius 1 is 1.12 bits per heavy atom. The molecule has 6 heterocycles. The first kappa shape index (κ1) is 18.6. The Hall–Kier alpha value is -4.01. The number of nitrogens with one attached hydrogen (secondary N) is 1. The molecule has 33 heavy (non-hydrogen) atoms. The number of nitrogens with zero attached hydrogens (tertiary/aromatic N) is 7. The average molecular weight is 438 g/mol. The summed E-state index contributed by atoms with van der Waals surface area (Å²) in [6.45, 7) is 2.70. The Balaban J connectivity index is 1.34. The molecule has 1 atom stereocenters. The normalized spacial score (nSPS) is 18.1. The second-order valence-electron chi connectivity index (χ2n) is 8.81. The van der Waals surface area contributed by atoms with Gasteiger partial charge in [0.25, 0.3) is 5.89 Å². The number of hydrogen-bond acceptors (Lipinski definition) is 7. The highest BCUT2D eigenvalue weighted by Gasteiger charge is 2.36. The Labute approximate surface area is 189 Å². The number of hydrogen-bond donors (Lipinski definition) is 1. The highest BCUT2D eigenvalue weighted by atomic mass is 16.4. The Morgan fingerprint density at radius 2 is 2.06 bits per heavy atom. The van der Waals surface area contributed by atoms with Crippen molar-refractivity contribution in [2.75, 3.05) is 11.4 Å². The minimum absolute atomic E-state index is 0.218. The quantitative estimate of drug-likeness (QED) is 0.455. The third kappa shape index (κ3) is 2.95. The van der Waals surface area contributed by atoms with Crippen LogP contribution in [0.4, 0.5) is 6.01 Å². The predicted octanol–water partition coefficient (Wildman–Crippen LogP) is 3.84. The van der Waals surface area contributed by atoms with E-state index in [2.05, 4.69) is 48.2 Å². The van der Waals surface area contributed by atoms with Crippen molar-refractivity contribution >= 4 is 11.5 Å². The van der Waals surface area contributed by atoms with Gasteiger partial charge in [0.2, 0.25) is 0 Å². The lowest BCUT2D eigenvalue weighted by atomic mass is 10.00. The SMILES string of the molecule is Cc1cccnc1-c1nnc(N2CCc3[nH]cnc3C2c2cc3c(C4CC4)cccn3n2)o1. The monoisotopic (exact) mass is 438 g/mol. The third-order valence-corrected chi connectivity index (χ3v) is 6.65. The average Bonchev–Trinajstić information content (AvgIpc) is 3.22. The molecule has 1 aliphatic heterocycles. The lowest BCUT2D eigenvalue weighted by molar-refractivity contribution is 0.502. The van der Waals surface area contributed by atoms with Gasteiger partial charge in [-0.1, -0.05) is 17.2 Å². The molecule has 1 N–H and O–H groups in total. The Kier molecular flexibility index (Phi) is 3.93. The molecule has 9 heteroatoms. The lowest BCUT2D eigenvalue weighted by Crippen LogP contribution is -2.36. The van der Waals surface area contributed by atoms with Crippen molar-refractivity contribution in [1.82, 2.24) is 34.8 Å². The Morgan fingerprint density at radius 3 is 2.94 bits per heavy atom. The topological polar surface area (TPSA) is 101 Å². The largest absolute Gasteiger partial charge is 0.402 e. The predicted molar refractivity (Wildman–Crippen MR) is 121 cm³/mol. The molecule has 9 nitrogen and oxygen atoms in total. The van der Waals surface area contributed by atoms with E-state index in [0.717, 1.165) is 34.6 Å². The van der Waals surface area contributed by atoms with Crippen LogP contribution in [-0.4, -0.2) is 41.3 Å². The Bertz CT molecular complexity index is 1480. The summed E-state index contributed by atoms with van der Waals surface area (Å²) in [5.41, 5.74) is 7.21. The molecule has 1 saturated carbocycles. The molecule has 1 aliphatic carbocycles. The summed E-state index contributed by atoms with van der Waals surface area (Å²) in [6.07, 6.45) is 8.81. The fraction of sp³-hybridized carbons (Fsp3) is 0.292. The second kappa shape index (κ2) is 6.99. The van der Waals surface area contributed by atoms with E-state index in [9.17, 15) is 0 Å². The van der Waals surface area contributed by atoms with E-state index >= 15 is 0 Å². The van der Waals surface area contributed by atoms with E-state index in [1.54, 1.807) is 12.5 Å². The number of fused-ring (bicyclic) bond motifs is 2. The number of H-pyrrole nitrogens is 1. The first-order valence-electron chi connectivity index (χ1n) is 11.3. The molecular weight excluding hydrogens is 416 g/mol. The zero-order valence-corrected chi connectivity index (χ0v) is 18.1. The van der Waals surface area contributed by atoms with Crippen molar-refractivity contribution in [1.29, 1.82) is 0 Å². The van der Waals surface area contributed by atoms with E-state index in [1.165, 1.54) is 18.4 Å². The molecule has 5 aromatic heterocycles. The van der Waals surface area contributed by atoms with Crippen molar-refractivity contribution in [3.8, 4) is 11.6 Å². The number of anilines is 1. The first-order chi connectivity index (χ1) is 16.3. The van der Waals surface area contributed by atoms with Gasteiger partial charge in [-0.3, -0.25) is 4.98 Å². The molecule has 1 unspecified atom stereocenters. The zero-order chi connectivity index (χ0) is 21.9. The summed E-state index contributed by atoms with van der Waals surface area (Å²) < 4.78 is 8.13. The number of aromatic amines is 1. The van der Waals surface area contributed by atoms with Crippen LogP contribution in [0.2, 0.25) is 0 Å². The minimum atomic E-state index is -0.218. The molecular formula is C24H22N8O. The molecule has 0 spiro atoms. The van der Waals surface area contributed by atoms with Gasteiger partial charge in [-0.05, 0) is 55.0 Å². The van der Waals surface area contributed by atoms with Crippen LogP contribution in [0.25, 0.3) is 17.1 Å². The fourth-order valence-electron chi connectivity index (χ4n) is 4.85. The molecule has 0 saturated heterocycles. The van der Waals surface area contributed by atoms with Gasteiger partial charge in [0.1, 0.15) is 11.7 Å². The van der Waals surface area contributed by atoms with Crippen molar-refractivity contribution in [2.45, 2.75) is 38.1 Å². The summed E-state index contributed by atoms with van der Waals surface area (Å²) >= 11 is 0. The lowest BCUT2D eigenvalue weighted by Gasteiger charge is -2.32. The zero-order valence-electron chi connectivity index (χ0n) is 18.1. The van der Waals surface area contributed by atoms with Crippen molar-refractivity contribution in [2.24, 2.45) is 0 Å². The summed E-state index contributed by atoms with van der Waals surface area (Å²) in [5.74, 6) is 1.06. The summed E-state index contributed by atoms with van der Waals surface area (Å²) in [4.78, 5) is 14.5. The molecule has 0 amide bonds. The van der Waals surface area contributed by atoms with Crippen molar-refractivity contribution in [3.05, 3.63) is 77.3 Å². The van der Waals surface area contributed by atoms with Crippen LogP contribution in [0.3, 0.4) is 0 Å². The minimum Gasteiger partial charge on any atom is -0.402 e. The highest BCUT2D eigenvalue weighted by molar-refractivity contribution is 5.60. The molecule has 7 rings (SSSR count). The van der Waals surface area contributed by atoms with Crippen molar-refractivity contribution in [3.63, 3.8) is 0 Å². The van der Waals surface area contributed by atoms with Gasteiger partial charge in [-0.2, -0.15) is 5.10 Å². The first-order valence-corrected chi connectivity index (χ1v) is 11.3. The van der Waals surface area contributed by atoms with Crippen LogP contribution >= 0.6 is 0 Å². The van der Waals surface area contributed by atoms with E-state index in [1.807, 2.05) is 29.8 Å². The van der Waals surface area contributed by atoms with E-state index in [0.29, 0.717) is 30.1 Å². The number of imidazole rings is 1. The van der Waals surface area contributed by atoms with E-state index < -0.39 is 0 Å². The van der Waals surface area contributed by atoms with Gasteiger partial charge in [-0.25, -0.2) is 9.50 Å². The molecule has 1 fully saturated rings. The third-order valence-electron chi connectivity index (χ3n) is 6.65. The van der Waals surface area contributed by atoms with Gasteiger partial charge in [0.05, 0.1) is 23.2 Å². The van der Waals surface area contributed by atoms with Crippen LogP contribution < -0.4 is 4.90 Å². The number of aromatic nitrogens is 7. The maximum atomic E-state index is 6.15. The van der Waals surface area contributed by atoms with Crippen LogP contribution in [0.15, 0.2) is 53.5 Å². The van der Waals surface area contributed by atoms with Gasteiger partial charge in [0, 0.05) is 31.1 Å². The molecule has 2 aliphatic rings. The summed E-state index contributed by atoms with van der Waals surface area (Å²) in [6, 6.07) is 10.6. The number of pyridine rings is 2. The maximum Gasteiger partial charge on any atom is 0.319 e. The van der Waals surface area contributed by atoms with Gasteiger partial charge in [-0.15, -0.1) is 5.10 Å². The molecule has 5 aromatic rings. The smallest absolute Gasteiger partial charge is 0.319 e. The van der Waals surface area contributed by atoms with Crippen LogP contribution in [0.1, 0.15) is 53.0 Å². The molecule has 0 bridgehead atoms. The molecule has 0 radical (unpaired) electrons. The van der Waals surface area contributed by atoms with Gasteiger partial charge in [0.15, 0.2) is 0 Å². The molecule has 164 valence electrons. The standard InChI is InChI=1S/C24H22N8O/c1-14-4-2-9-25-20(14)23-28-29-24(33-23)31-11-8-17-21(27-13-26-17)22(31)18-12-19-16(15-6-7-15)5-3-10-32(19)30-18/h2-5,9-10,12-13,15,22H,6-8,11H2,1H3,(H,26,27). The van der Waals surface area contributed by atoms with Crippen molar-refractivity contribution < 1.29 is 4.42 Å². The number of aryl methyl sites for hydroxylation is 1.